The maximum Gasteiger partial charge on any atom is 0.315 e. The second-order valence-electron chi connectivity index (χ2n) is 6.84. The smallest absolute Gasteiger partial charge is 0.315 e. The third-order valence-electron chi connectivity index (χ3n) is 5.16. The number of carboxylic acids is 1. The van der Waals surface area contributed by atoms with Gasteiger partial charge < -0.3 is 19.3 Å². The summed E-state index contributed by atoms with van der Waals surface area (Å²) in [4.78, 5) is 43.3. The van der Waals surface area contributed by atoms with Crippen LogP contribution < -0.4 is 0 Å². The third kappa shape index (κ3) is 4.61. The Hall–Kier alpha value is -2.40. The first kappa shape index (κ1) is 24.6. The van der Waals surface area contributed by atoms with Crippen molar-refractivity contribution in [3.8, 4) is 0 Å². The lowest BCUT2D eigenvalue weighted by atomic mass is 10.1. The first-order valence-electron chi connectivity index (χ1n) is 8.43. The molecule has 166 valence electrons. The Bertz CT molecular complexity index is 680. The number of rotatable bonds is 6. The SMILES string of the molecule is COC(=O)C1C([C@H](C)C(=O)OC)C1(F)F.COC(=O)[C@@H](C)C1C(C(=O)O)C1(F)F. The molecule has 0 amide bonds. The van der Waals surface area contributed by atoms with Gasteiger partial charge in [0.25, 0.3) is 11.8 Å². The molecule has 2 saturated carbocycles. The van der Waals surface area contributed by atoms with Crippen LogP contribution in [0.1, 0.15) is 13.8 Å². The fourth-order valence-corrected chi connectivity index (χ4v) is 3.36. The molecule has 2 aliphatic rings. The lowest BCUT2D eigenvalue weighted by Gasteiger charge is -2.06. The summed E-state index contributed by atoms with van der Waals surface area (Å²) in [6.45, 7) is 2.56. The molecule has 12 heteroatoms. The van der Waals surface area contributed by atoms with Crippen LogP contribution >= 0.6 is 0 Å². The van der Waals surface area contributed by atoms with E-state index in [4.69, 9.17) is 5.11 Å². The number of carbonyl (C=O) groups excluding carboxylic acids is 3. The molecule has 0 heterocycles. The van der Waals surface area contributed by atoms with E-state index in [2.05, 4.69) is 14.2 Å². The van der Waals surface area contributed by atoms with Crippen LogP contribution in [-0.4, -0.2) is 62.2 Å². The highest BCUT2D eigenvalue weighted by atomic mass is 19.3. The molecule has 1 N–H and O–H groups in total. The van der Waals surface area contributed by atoms with Gasteiger partial charge in [-0.1, -0.05) is 13.8 Å². The number of ether oxygens (including phenoxy) is 3. The number of carboxylic acid groups (broad SMARTS) is 1. The average Bonchev–Trinajstić information content (AvgIpc) is 3.45. The molecule has 6 atom stereocenters. The molecule has 0 radical (unpaired) electrons. The predicted molar refractivity (Wildman–Crippen MR) is 85.9 cm³/mol. The van der Waals surface area contributed by atoms with Crippen molar-refractivity contribution in [3.63, 3.8) is 0 Å². The van der Waals surface area contributed by atoms with Gasteiger partial charge >= 0.3 is 23.9 Å². The van der Waals surface area contributed by atoms with Crippen molar-refractivity contribution in [2.24, 2.45) is 35.5 Å². The van der Waals surface area contributed by atoms with Crippen LogP contribution in [0.25, 0.3) is 0 Å². The van der Waals surface area contributed by atoms with Crippen LogP contribution in [0.15, 0.2) is 0 Å². The summed E-state index contributed by atoms with van der Waals surface area (Å²) in [5.41, 5.74) is 0. The van der Waals surface area contributed by atoms with Gasteiger partial charge in [0.1, 0.15) is 11.8 Å². The molecular weight excluding hydrogens is 408 g/mol. The first-order chi connectivity index (χ1) is 13.2. The first-order valence-corrected chi connectivity index (χ1v) is 8.43. The van der Waals surface area contributed by atoms with E-state index in [1.54, 1.807) is 0 Å². The van der Waals surface area contributed by atoms with E-state index in [-0.39, 0.29) is 0 Å². The van der Waals surface area contributed by atoms with Crippen LogP contribution in [0.2, 0.25) is 0 Å². The van der Waals surface area contributed by atoms with Crippen molar-refractivity contribution >= 4 is 23.9 Å². The minimum Gasteiger partial charge on any atom is -0.481 e. The minimum atomic E-state index is -3.29. The number of methoxy groups -OCH3 is 3. The van der Waals surface area contributed by atoms with Crippen LogP contribution in [0.3, 0.4) is 0 Å². The molecule has 0 bridgehead atoms. The molecule has 0 spiro atoms. The van der Waals surface area contributed by atoms with Gasteiger partial charge in [-0.25, -0.2) is 17.6 Å². The molecular formula is C17H22F4O8. The number of hydrogen-bond acceptors (Lipinski definition) is 7. The number of carbonyl (C=O) groups is 4. The van der Waals surface area contributed by atoms with Gasteiger partial charge in [0.2, 0.25) is 0 Å². The zero-order chi connectivity index (χ0) is 22.9. The summed E-state index contributed by atoms with van der Waals surface area (Å²) < 4.78 is 64.9. The maximum absolute atomic E-state index is 13.1. The quantitative estimate of drug-likeness (QED) is 0.384. The Balaban J connectivity index is 0.000000291. The lowest BCUT2D eigenvalue weighted by Crippen LogP contribution is -2.18. The second-order valence-corrected chi connectivity index (χ2v) is 6.84. The standard InChI is InChI=1S/C9H12F2O4.C8H10F2O4/c1-4(7(12)14-2)5-6(8(13)15-3)9(5,10)11;1-3(7(13)14-2)4-5(6(11)12)8(4,9)10/h4-6H,1-3H3;3-5H,1-2H3,(H,11,12)/t4-,5?,6?;3-,4?,5?/m00/s1. The van der Waals surface area contributed by atoms with Gasteiger partial charge in [0.05, 0.1) is 45.0 Å². The number of esters is 3. The van der Waals surface area contributed by atoms with E-state index in [1.165, 1.54) is 13.8 Å². The van der Waals surface area contributed by atoms with Crippen molar-refractivity contribution in [3.05, 3.63) is 0 Å². The topological polar surface area (TPSA) is 116 Å². The zero-order valence-electron chi connectivity index (χ0n) is 16.3. The summed E-state index contributed by atoms with van der Waals surface area (Å²) in [7, 11) is 3.23. The molecule has 2 aliphatic carbocycles. The summed E-state index contributed by atoms with van der Waals surface area (Å²) >= 11 is 0. The van der Waals surface area contributed by atoms with Crippen molar-refractivity contribution in [2.45, 2.75) is 25.7 Å². The number of aliphatic carboxylic acids is 1. The fourth-order valence-electron chi connectivity index (χ4n) is 3.36. The molecule has 0 aromatic heterocycles. The highest BCUT2D eigenvalue weighted by Gasteiger charge is 2.76. The molecule has 4 unspecified atom stereocenters. The van der Waals surface area contributed by atoms with Crippen LogP contribution in [0, 0.1) is 35.5 Å². The summed E-state index contributed by atoms with van der Waals surface area (Å²) in [5.74, 6) is -18.7. The van der Waals surface area contributed by atoms with E-state index >= 15 is 0 Å². The van der Waals surface area contributed by atoms with Crippen LogP contribution in [0.5, 0.6) is 0 Å². The third-order valence-corrected chi connectivity index (χ3v) is 5.16. The van der Waals surface area contributed by atoms with Crippen molar-refractivity contribution in [1.82, 2.24) is 0 Å². The zero-order valence-corrected chi connectivity index (χ0v) is 16.3. The Morgan fingerprint density at radius 1 is 0.759 bits per heavy atom. The number of alkyl halides is 4. The number of halogens is 4. The average molecular weight is 430 g/mol. The molecule has 29 heavy (non-hydrogen) atoms. The van der Waals surface area contributed by atoms with E-state index in [0.29, 0.717) is 0 Å². The summed E-state index contributed by atoms with van der Waals surface area (Å²) in [6.07, 6.45) is 0. The van der Waals surface area contributed by atoms with E-state index < -0.39 is 71.2 Å². The Labute approximate surface area is 163 Å². The highest BCUT2D eigenvalue weighted by Crippen LogP contribution is 2.60. The normalized spacial score (nSPS) is 29.8. The van der Waals surface area contributed by atoms with Crippen molar-refractivity contribution in [2.75, 3.05) is 21.3 Å². The molecule has 0 aromatic rings. The molecule has 2 fully saturated rings. The molecule has 8 nitrogen and oxygen atoms in total. The second kappa shape index (κ2) is 8.54. The van der Waals surface area contributed by atoms with Crippen LogP contribution in [0.4, 0.5) is 17.6 Å². The van der Waals surface area contributed by atoms with Gasteiger partial charge in [-0.15, -0.1) is 0 Å². The minimum absolute atomic E-state index is 0.744. The largest absolute Gasteiger partial charge is 0.481 e. The summed E-state index contributed by atoms with van der Waals surface area (Å²) in [5, 5.41) is 8.43. The monoisotopic (exact) mass is 430 g/mol. The summed E-state index contributed by atoms with van der Waals surface area (Å²) in [6, 6.07) is 0. The highest BCUT2D eigenvalue weighted by molar-refractivity contribution is 5.82. The van der Waals surface area contributed by atoms with Crippen molar-refractivity contribution < 1.29 is 56.1 Å². The van der Waals surface area contributed by atoms with Gasteiger partial charge in [0.15, 0.2) is 0 Å². The van der Waals surface area contributed by atoms with Gasteiger partial charge in [0, 0.05) is 0 Å². The molecule has 0 aromatic carbocycles. The van der Waals surface area contributed by atoms with E-state index in [9.17, 15) is 36.7 Å². The van der Waals surface area contributed by atoms with Crippen LogP contribution in [-0.2, 0) is 33.4 Å². The van der Waals surface area contributed by atoms with E-state index in [0.717, 1.165) is 21.3 Å². The Kier molecular flexibility index (Phi) is 7.25. The predicted octanol–water partition coefficient (Wildman–Crippen LogP) is 1.61. The molecule has 2 rings (SSSR count). The van der Waals surface area contributed by atoms with Crippen molar-refractivity contribution in [1.29, 1.82) is 0 Å². The Morgan fingerprint density at radius 2 is 1.10 bits per heavy atom. The molecule has 0 saturated heterocycles. The van der Waals surface area contributed by atoms with Gasteiger partial charge in [-0.2, -0.15) is 0 Å². The number of hydrogen-bond donors (Lipinski definition) is 1. The molecule has 0 aliphatic heterocycles. The van der Waals surface area contributed by atoms with Gasteiger partial charge in [-0.05, 0) is 0 Å². The van der Waals surface area contributed by atoms with Gasteiger partial charge in [-0.3, -0.25) is 19.2 Å². The maximum atomic E-state index is 13.1. The fraction of sp³-hybridized carbons (Fsp3) is 0.765. The lowest BCUT2D eigenvalue weighted by molar-refractivity contribution is -0.148. The Morgan fingerprint density at radius 3 is 1.38 bits per heavy atom. The van der Waals surface area contributed by atoms with E-state index in [1.807, 2.05) is 0 Å².